The van der Waals surface area contributed by atoms with Crippen LogP contribution < -0.4 is 0 Å². The Bertz CT molecular complexity index is 161. The minimum absolute atomic E-state index is 1.05. The third-order valence-corrected chi connectivity index (χ3v) is 1.78. The Hall–Kier alpha value is -0.780. The number of allylic oxidation sites excluding steroid dienone is 5. The topological polar surface area (TPSA) is 0 Å². The fraction of sp³-hybridized carbons (Fsp3) is 0.500. The third kappa shape index (κ3) is 7.33. The first-order chi connectivity index (χ1) is 5.81. The van der Waals surface area contributed by atoms with Crippen LogP contribution in [-0.4, -0.2) is 0 Å². The van der Waals surface area contributed by atoms with Gasteiger partial charge in [-0.05, 0) is 39.5 Å². The first-order valence-electron chi connectivity index (χ1n) is 4.70. The maximum atomic E-state index is 4.01. The van der Waals surface area contributed by atoms with Gasteiger partial charge in [0.25, 0.3) is 0 Å². The molecular weight excluding hydrogens is 144 g/mol. The minimum atomic E-state index is 1.05. The third-order valence-electron chi connectivity index (χ3n) is 1.78. The monoisotopic (exact) mass is 164 g/mol. The first-order valence-corrected chi connectivity index (χ1v) is 4.70. The Morgan fingerprint density at radius 3 is 2.42 bits per heavy atom. The van der Waals surface area contributed by atoms with Crippen molar-refractivity contribution in [2.24, 2.45) is 0 Å². The number of rotatable bonds is 6. The van der Waals surface area contributed by atoms with Gasteiger partial charge in [-0.25, -0.2) is 0 Å². The lowest BCUT2D eigenvalue weighted by Gasteiger charge is -1.99. The van der Waals surface area contributed by atoms with E-state index in [2.05, 4.69) is 37.8 Å². The van der Waals surface area contributed by atoms with Crippen molar-refractivity contribution >= 4 is 0 Å². The molecule has 0 aromatic heterocycles. The number of unbranched alkanes of at least 4 members (excludes halogenated alkanes) is 1. The molecule has 0 heteroatoms. The van der Waals surface area contributed by atoms with Crippen LogP contribution in [-0.2, 0) is 0 Å². The molecule has 0 nitrogen and oxygen atoms in total. The second-order valence-corrected chi connectivity index (χ2v) is 2.98. The Balaban J connectivity index is 3.31. The van der Waals surface area contributed by atoms with E-state index in [0.717, 1.165) is 12.8 Å². The Kier molecular flexibility index (Phi) is 7.78. The predicted molar refractivity (Wildman–Crippen MR) is 57.2 cm³/mol. The van der Waals surface area contributed by atoms with Crippen molar-refractivity contribution in [3.63, 3.8) is 0 Å². The molecule has 0 N–H and O–H groups in total. The van der Waals surface area contributed by atoms with E-state index in [1.54, 1.807) is 0 Å². The quantitative estimate of drug-likeness (QED) is 0.406. The Labute approximate surface area is 76.7 Å². The van der Waals surface area contributed by atoms with Gasteiger partial charge >= 0.3 is 0 Å². The molecule has 0 aliphatic rings. The molecule has 0 bridgehead atoms. The fourth-order valence-corrected chi connectivity index (χ4v) is 1.02. The molecule has 0 aliphatic heterocycles. The molecular formula is C12H20. The highest BCUT2D eigenvalue weighted by Crippen LogP contribution is 2.09. The summed E-state index contributed by atoms with van der Waals surface area (Å²) in [6.07, 6.45) is 13.2. The molecule has 0 fully saturated rings. The standard InChI is InChI=1S/C12H20/c1-4-6-8-9-11-12(3)10-7-5-2/h4-7H,3,8-11H2,1-2H3. The van der Waals surface area contributed by atoms with Gasteiger partial charge in [0.05, 0.1) is 0 Å². The molecule has 0 radical (unpaired) electrons. The van der Waals surface area contributed by atoms with Crippen LogP contribution in [0.5, 0.6) is 0 Å². The summed E-state index contributed by atoms with van der Waals surface area (Å²) in [6.45, 7) is 8.13. The van der Waals surface area contributed by atoms with E-state index in [1.807, 2.05) is 6.92 Å². The van der Waals surface area contributed by atoms with Gasteiger partial charge in [-0.15, -0.1) is 0 Å². The molecule has 0 unspecified atom stereocenters. The average Bonchev–Trinajstić information content (AvgIpc) is 2.09. The molecule has 12 heavy (non-hydrogen) atoms. The zero-order valence-electron chi connectivity index (χ0n) is 8.34. The maximum Gasteiger partial charge on any atom is -0.0142 e. The van der Waals surface area contributed by atoms with Crippen LogP contribution in [0.25, 0.3) is 0 Å². The number of hydrogen-bond acceptors (Lipinski definition) is 0. The summed E-state index contributed by atoms with van der Waals surface area (Å²) < 4.78 is 0. The van der Waals surface area contributed by atoms with Crippen LogP contribution in [0.2, 0.25) is 0 Å². The van der Waals surface area contributed by atoms with Crippen molar-refractivity contribution in [1.29, 1.82) is 0 Å². The van der Waals surface area contributed by atoms with Gasteiger partial charge in [0.15, 0.2) is 0 Å². The molecule has 0 saturated carbocycles. The zero-order valence-corrected chi connectivity index (χ0v) is 8.34. The van der Waals surface area contributed by atoms with Crippen LogP contribution in [0.3, 0.4) is 0 Å². The van der Waals surface area contributed by atoms with E-state index < -0.39 is 0 Å². The van der Waals surface area contributed by atoms with E-state index in [-0.39, 0.29) is 0 Å². The van der Waals surface area contributed by atoms with Crippen LogP contribution in [0.1, 0.15) is 39.5 Å². The van der Waals surface area contributed by atoms with E-state index in [9.17, 15) is 0 Å². The van der Waals surface area contributed by atoms with Crippen molar-refractivity contribution < 1.29 is 0 Å². The second-order valence-electron chi connectivity index (χ2n) is 2.98. The first kappa shape index (κ1) is 11.2. The minimum Gasteiger partial charge on any atom is -0.0995 e. The second kappa shape index (κ2) is 8.32. The van der Waals surface area contributed by atoms with Crippen LogP contribution in [0.4, 0.5) is 0 Å². The van der Waals surface area contributed by atoms with Gasteiger partial charge in [0, 0.05) is 0 Å². The zero-order chi connectivity index (χ0) is 9.23. The Morgan fingerprint density at radius 1 is 1.17 bits per heavy atom. The van der Waals surface area contributed by atoms with E-state index in [0.29, 0.717) is 0 Å². The van der Waals surface area contributed by atoms with Crippen LogP contribution in [0.15, 0.2) is 36.5 Å². The fourth-order valence-electron chi connectivity index (χ4n) is 1.02. The largest absolute Gasteiger partial charge is 0.0995 e. The maximum absolute atomic E-state index is 4.01. The van der Waals surface area contributed by atoms with E-state index >= 15 is 0 Å². The summed E-state index contributed by atoms with van der Waals surface area (Å²) in [7, 11) is 0. The van der Waals surface area contributed by atoms with Gasteiger partial charge in [0.2, 0.25) is 0 Å². The molecule has 0 heterocycles. The van der Waals surface area contributed by atoms with E-state index in [1.165, 1.54) is 18.4 Å². The highest BCUT2D eigenvalue weighted by molar-refractivity contribution is 5.01. The van der Waals surface area contributed by atoms with Crippen molar-refractivity contribution in [1.82, 2.24) is 0 Å². The lowest BCUT2D eigenvalue weighted by Crippen LogP contribution is -1.79. The van der Waals surface area contributed by atoms with Crippen molar-refractivity contribution in [2.45, 2.75) is 39.5 Å². The molecule has 0 rings (SSSR count). The summed E-state index contributed by atoms with van der Waals surface area (Å²) in [4.78, 5) is 0. The van der Waals surface area contributed by atoms with Crippen molar-refractivity contribution in [3.8, 4) is 0 Å². The van der Waals surface area contributed by atoms with Crippen LogP contribution >= 0.6 is 0 Å². The normalized spacial score (nSPS) is 11.5. The lowest BCUT2D eigenvalue weighted by molar-refractivity contribution is 0.818. The molecule has 68 valence electrons. The Morgan fingerprint density at radius 2 is 1.83 bits per heavy atom. The smallest absolute Gasteiger partial charge is 0.0142 e. The highest BCUT2D eigenvalue weighted by atomic mass is 14.0. The molecule has 0 aliphatic carbocycles. The molecule has 0 aromatic rings. The van der Waals surface area contributed by atoms with Crippen LogP contribution in [0, 0.1) is 0 Å². The SMILES string of the molecule is C=C(CC=CC)CCCC=CC. The summed E-state index contributed by atoms with van der Waals surface area (Å²) >= 11 is 0. The molecule has 0 amide bonds. The summed E-state index contributed by atoms with van der Waals surface area (Å²) in [5.74, 6) is 0. The lowest BCUT2D eigenvalue weighted by atomic mass is 10.1. The van der Waals surface area contributed by atoms with Gasteiger partial charge in [0.1, 0.15) is 0 Å². The van der Waals surface area contributed by atoms with E-state index in [4.69, 9.17) is 0 Å². The van der Waals surface area contributed by atoms with Gasteiger partial charge in [-0.3, -0.25) is 0 Å². The summed E-state index contributed by atoms with van der Waals surface area (Å²) in [5, 5.41) is 0. The van der Waals surface area contributed by atoms with Crippen molar-refractivity contribution in [2.75, 3.05) is 0 Å². The molecule has 0 saturated heterocycles. The summed E-state index contributed by atoms with van der Waals surface area (Å²) in [6, 6.07) is 0. The molecule has 0 atom stereocenters. The predicted octanol–water partition coefficient (Wildman–Crippen LogP) is 4.26. The van der Waals surface area contributed by atoms with Gasteiger partial charge in [-0.2, -0.15) is 0 Å². The van der Waals surface area contributed by atoms with Gasteiger partial charge < -0.3 is 0 Å². The van der Waals surface area contributed by atoms with Crippen molar-refractivity contribution in [3.05, 3.63) is 36.5 Å². The molecule has 0 spiro atoms. The molecule has 0 aromatic carbocycles. The number of hydrogen-bond donors (Lipinski definition) is 0. The average molecular weight is 164 g/mol. The summed E-state index contributed by atoms with van der Waals surface area (Å²) in [5.41, 5.74) is 1.35. The highest BCUT2D eigenvalue weighted by Gasteiger charge is 1.89. The van der Waals surface area contributed by atoms with Gasteiger partial charge in [-0.1, -0.05) is 36.5 Å².